The fourth-order valence-electron chi connectivity index (χ4n) is 3.06. The maximum absolute atomic E-state index is 2.78. The molecule has 0 aromatic rings. The molecule has 1 aliphatic rings. The van der Waals surface area contributed by atoms with Crippen LogP contribution in [-0.2, 0) is 0 Å². The molecule has 1 rings (SSSR count). The molecule has 1 fully saturated rings. The SMILES string of the molecule is CCCCCCC1CCCN1CCCCCC. The molecule has 1 nitrogen and oxygen atoms in total. The van der Waals surface area contributed by atoms with E-state index in [0.717, 1.165) is 6.04 Å². The van der Waals surface area contributed by atoms with Crippen LogP contribution in [0.4, 0.5) is 0 Å². The summed E-state index contributed by atoms with van der Waals surface area (Å²) in [7, 11) is 0. The largest absolute Gasteiger partial charge is 0.300 e. The molecule has 0 spiro atoms. The smallest absolute Gasteiger partial charge is 0.00957 e. The monoisotopic (exact) mass is 239 g/mol. The average molecular weight is 239 g/mol. The molecule has 0 N–H and O–H groups in total. The van der Waals surface area contributed by atoms with Crippen molar-refractivity contribution in [2.45, 2.75) is 90.5 Å². The molecule has 0 amide bonds. The van der Waals surface area contributed by atoms with Crippen LogP contribution in [-0.4, -0.2) is 24.0 Å². The summed E-state index contributed by atoms with van der Waals surface area (Å²) in [6.07, 6.45) is 15.8. The van der Waals surface area contributed by atoms with Gasteiger partial charge in [-0.3, -0.25) is 0 Å². The van der Waals surface area contributed by atoms with E-state index < -0.39 is 0 Å². The van der Waals surface area contributed by atoms with Crippen LogP contribution in [0.3, 0.4) is 0 Å². The summed E-state index contributed by atoms with van der Waals surface area (Å²) in [5, 5.41) is 0. The maximum Gasteiger partial charge on any atom is 0.00957 e. The van der Waals surface area contributed by atoms with Crippen molar-refractivity contribution in [1.29, 1.82) is 0 Å². The van der Waals surface area contributed by atoms with Gasteiger partial charge in [0.15, 0.2) is 0 Å². The Kier molecular flexibility index (Phi) is 8.78. The Morgan fingerprint density at radius 1 is 0.882 bits per heavy atom. The topological polar surface area (TPSA) is 3.24 Å². The lowest BCUT2D eigenvalue weighted by Gasteiger charge is -2.24. The third-order valence-corrected chi connectivity index (χ3v) is 4.19. The van der Waals surface area contributed by atoms with E-state index in [4.69, 9.17) is 0 Å². The summed E-state index contributed by atoms with van der Waals surface area (Å²) >= 11 is 0. The van der Waals surface area contributed by atoms with E-state index in [1.54, 1.807) is 0 Å². The van der Waals surface area contributed by atoms with Crippen molar-refractivity contribution in [1.82, 2.24) is 4.90 Å². The highest BCUT2D eigenvalue weighted by atomic mass is 15.2. The van der Waals surface area contributed by atoms with E-state index >= 15 is 0 Å². The van der Waals surface area contributed by atoms with Crippen molar-refractivity contribution in [3.63, 3.8) is 0 Å². The third-order valence-electron chi connectivity index (χ3n) is 4.19. The summed E-state index contributed by atoms with van der Waals surface area (Å²) in [5.41, 5.74) is 0. The van der Waals surface area contributed by atoms with Gasteiger partial charge in [-0.05, 0) is 38.8 Å². The minimum absolute atomic E-state index is 0.938. The lowest BCUT2D eigenvalue weighted by molar-refractivity contribution is 0.233. The lowest BCUT2D eigenvalue weighted by Crippen LogP contribution is -2.30. The van der Waals surface area contributed by atoms with Crippen molar-refractivity contribution in [2.24, 2.45) is 0 Å². The van der Waals surface area contributed by atoms with E-state index in [0.29, 0.717) is 0 Å². The highest BCUT2D eigenvalue weighted by Gasteiger charge is 2.22. The standard InChI is InChI=1S/C16H33N/c1-3-5-7-9-12-16-13-11-15-17(16)14-10-8-6-4-2/h16H,3-15H2,1-2H3. The van der Waals surface area contributed by atoms with Crippen LogP contribution in [0.1, 0.15) is 84.5 Å². The first-order chi connectivity index (χ1) is 8.38. The number of hydrogen-bond acceptors (Lipinski definition) is 1. The zero-order valence-corrected chi connectivity index (χ0v) is 12.2. The van der Waals surface area contributed by atoms with Crippen molar-refractivity contribution >= 4 is 0 Å². The van der Waals surface area contributed by atoms with E-state index in [2.05, 4.69) is 18.7 Å². The van der Waals surface area contributed by atoms with Crippen molar-refractivity contribution in [3.8, 4) is 0 Å². The van der Waals surface area contributed by atoms with Crippen LogP contribution >= 0.6 is 0 Å². The molecule has 1 heterocycles. The molecule has 1 saturated heterocycles. The molecule has 0 radical (unpaired) electrons. The molecule has 0 aromatic carbocycles. The lowest BCUT2D eigenvalue weighted by atomic mass is 10.1. The second-order valence-electron chi connectivity index (χ2n) is 5.74. The minimum atomic E-state index is 0.938. The molecule has 17 heavy (non-hydrogen) atoms. The van der Waals surface area contributed by atoms with Gasteiger partial charge in [-0.25, -0.2) is 0 Å². The van der Waals surface area contributed by atoms with Gasteiger partial charge in [-0.2, -0.15) is 0 Å². The number of nitrogens with zero attached hydrogens (tertiary/aromatic N) is 1. The van der Waals surface area contributed by atoms with E-state index in [1.807, 2.05) is 0 Å². The second-order valence-corrected chi connectivity index (χ2v) is 5.74. The normalized spacial score (nSPS) is 21.2. The predicted molar refractivity (Wildman–Crippen MR) is 77.5 cm³/mol. The Labute approximate surface area is 109 Å². The fourth-order valence-corrected chi connectivity index (χ4v) is 3.06. The Hall–Kier alpha value is -0.0400. The Morgan fingerprint density at radius 3 is 2.29 bits per heavy atom. The maximum atomic E-state index is 2.78. The molecule has 0 saturated carbocycles. The van der Waals surface area contributed by atoms with Crippen LogP contribution in [0.5, 0.6) is 0 Å². The van der Waals surface area contributed by atoms with Gasteiger partial charge in [-0.15, -0.1) is 0 Å². The quantitative estimate of drug-likeness (QED) is 0.485. The molecular formula is C16H33N. The molecule has 1 atom stereocenters. The van der Waals surface area contributed by atoms with E-state index in [1.165, 1.54) is 83.7 Å². The van der Waals surface area contributed by atoms with Crippen LogP contribution in [0.25, 0.3) is 0 Å². The summed E-state index contributed by atoms with van der Waals surface area (Å²) in [5.74, 6) is 0. The molecule has 102 valence electrons. The molecule has 0 bridgehead atoms. The summed E-state index contributed by atoms with van der Waals surface area (Å²) in [6.45, 7) is 7.35. The van der Waals surface area contributed by atoms with Crippen LogP contribution in [0.2, 0.25) is 0 Å². The van der Waals surface area contributed by atoms with Gasteiger partial charge in [0.1, 0.15) is 0 Å². The van der Waals surface area contributed by atoms with E-state index in [9.17, 15) is 0 Å². The zero-order chi connectivity index (χ0) is 12.3. The fraction of sp³-hybridized carbons (Fsp3) is 1.00. The number of likely N-dealkylation sites (tertiary alicyclic amines) is 1. The summed E-state index contributed by atoms with van der Waals surface area (Å²) in [4.78, 5) is 2.78. The van der Waals surface area contributed by atoms with Gasteiger partial charge >= 0.3 is 0 Å². The Morgan fingerprint density at radius 2 is 1.59 bits per heavy atom. The minimum Gasteiger partial charge on any atom is -0.300 e. The number of unbranched alkanes of at least 4 members (excludes halogenated alkanes) is 6. The second kappa shape index (κ2) is 9.94. The highest BCUT2D eigenvalue weighted by molar-refractivity contribution is 4.78. The van der Waals surface area contributed by atoms with Crippen LogP contribution in [0, 0.1) is 0 Å². The molecule has 0 aromatic heterocycles. The average Bonchev–Trinajstić information content (AvgIpc) is 2.78. The molecule has 1 heteroatoms. The van der Waals surface area contributed by atoms with Crippen molar-refractivity contribution in [3.05, 3.63) is 0 Å². The van der Waals surface area contributed by atoms with Gasteiger partial charge in [0.05, 0.1) is 0 Å². The van der Waals surface area contributed by atoms with Gasteiger partial charge in [0.2, 0.25) is 0 Å². The van der Waals surface area contributed by atoms with Gasteiger partial charge < -0.3 is 4.90 Å². The zero-order valence-electron chi connectivity index (χ0n) is 12.2. The molecule has 1 unspecified atom stereocenters. The molecular weight excluding hydrogens is 206 g/mol. The predicted octanol–water partition coefficient (Wildman–Crippen LogP) is 5.00. The van der Waals surface area contributed by atoms with Gasteiger partial charge in [0.25, 0.3) is 0 Å². The molecule has 0 aliphatic carbocycles. The Balaban J connectivity index is 2.06. The molecule has 1 aliphatic heterocycles. The van der Waals surface area contributed by atoms with Crippen molar-refractivity contribution < 1.29 is 0 Å². The van der Waals surface area contributed by atoms with Crippen LogP contribution < -0.4 is 0 Å². The first kappa shape index (κ1) is 15.0. The first-order valence-electron chi connectivity index (χ1n) is 8.12. The van der Waals surface area contributed by atoms with E-state index in [-0.39, 0.29) is 0 Å². The number of hydrogen-bond donors (Lipinski definition) is 0. The van der Waals surface area contributed by atoms with Gasteiger partial charge in [0, 0.05) is 6.04 Å². The first-order valence-corrected chi connectivity index (χ1v) is 8.12. The Bertz CT molecular complexity index is 149. The van der Waals surface area contributed by atoms with Crippen molar-refractivity contribution in [2.75, 3.05) is 13.1 Å². The highest BCUT2D eigenvalue weighted by Crippen LogP contribution is 2.23. The summed E-state index contributed by atoms with van der Waals surface area (Å²) in [6, 6.07) is 0.938. The van der Waals surface area contributed by atoms with Crippen LogP contribution in [0.15, 0.2) is 0 Å². The third kappa shape index (κ3) is 6.45. The summed E-state index contributed by atoms with van der Waals surface area (Å²) < 4.78 is 0. The number of rotatable bonds is 10. The van der Waals surface area contributed by atoms with Gasteiger partial charge in [-0.1, -0.05) is 58.8 Å².